The summed E-state index contributed by atoms with van der Waals surface area (Å²) in [5.74, 6) is -0.962. The van der Waals surface area contributed by atoms with Gasteiger partial charge in [-0.15, -0.1) is 0 Å². The van der Waals surface area contributed by atoms with Crippen LogP contribution in [0, 0.1) is 5.82 Å². The summed E-state index contributed by atoms with van der Waals surface area (Å²) in [6, 6.07) is 3.69. The molecule has 110 valence electrons. The van der Waals surface area contributed by atoms with Crippen LogP contribution in [0.25, 0.3) is 0 Å². The van der Waals surface area contributed by atoms with E-state index in [-0.39, 0.29) is 29.0 Å². The van der Waals surface area contributed by atoms with E-state index in [4.69, 9.17) is 4.74 Å². The number of benzene rings is 1. The number of ketones is 1. The first kappa shape index (κ1) is 16.1. The van der Waals surface area contributed by atoms with Gasteiger partial charge in [0.15, 0.2) is 11.9 Å². The average molecular weight is 281 g/mol. The summed E-state index contributed by atoms with van der Waals surface area (Å²) in [6.45, 7) is 6.77. The second-order valence-electron chi connectivity index (χ2n) is 4.77. The summed E-state index contributed by atoms with van der Waals surface area (Å²) in [5.41, 5.74) is 0.259. The smallest absolute Gasteiger partial charge is 0.260 e. The zero-order valence-corrected chi connectivity index (χ0v) is 12.2. The Hall–Kier alpha value is -1.91. The summed E-state index contributed by atoms with van der Waals surface area (Å²) in [7, 11) is 0. The molecule has 0 saturated heterocycles. The van der Waals surface area contributed by atoms with Crippen LogP contribution in [0.1, 0.15) is 44.5 Å². The van der Waals surface area contributed by atoms with Crippen molar-refractivity contribution < 1.29 is 18.7 Å². The molecule has 0 radical (unpaired) electrons. The van der Waals surface area contributed by atoms with Gasteiger partial charge in [-0.25, -0.2) is 4.39 Å². The first-order valence-corrected chi connectivity index (χ1v) is 6.62. The van der Waals surface area contributed by atoms with Crippen molar-refractivity contribution in [1.29, 1.82) is 0 Å². The van der Waals surface area contributed by atoms with Gasteiger partial charge in [0.1, 0.15) is 11.6 Å². The predicted molar refractivity (Wildman–Crippen MR) is 74.4 cm³/mol. The molecule has 0 aliphatic carbocycles. The summed E-state index contributed by atoms with van der Waals surface area (Å²) >= 11 is 0. The molecule has 1 amide bonds. The third kappa shape index (κ3) is 4.33. The van der Waals surface area contributed by atoms with Crippen molar-refractivity contribution in [3.63, 3.8) is 0 Å². The van der Waals surface area contributed by atoms with Crippen molar-refractivity contribution in [1.82, 2.24) is 5.32 Å². The Balaban J connectivity index is 2.84. The largest absolute Gasteiger partial charge is 0.480 e. The number of Topliss-reactive ketones (excluding diaryl/α,β-unsaturated/α-hetero) is 1. The van der Waals surface area contributed by atoms with E-state index in [0.29, 0.717) is 0 Å². The summed E-state index contributed by atoms with van der Waals surface area (Å²) in [5, 5.41) is 2.77. The Bertz CT molecular complexity index is 502. The maximum absolute atomic E-state index is 13.2. The highest BCUT2D eigenvalue weighted by atomic mass is 19.1. The second-order valence-corrected chi connectivity index (χ2v) is 4.77. The number of rotatable bonds is 6. The first-order chi connectivity index (χ1) is 9.35. The number of hydrogen-bond acceptors (Lipinski definition) is 3. The van der Waals surface area contributed by atoms with Gasteiger partial charge in [0, 0.05) is 12.1 Å². The molecule has 1 rings (SSSR count). The molecule has 0 saturated carbocycles. The van der Waals surface area contributed by atoms with Crippen LogP contribution in [-0.4, -0.2) is 23.8 Å². The maximum atomic E-state index is 13.2. The van der Waals surface area contributed by atoms with Gasteiger partial charge < -0.3 is 10.1 Å². The molecule has 1 N–H and O–H groups in total. The van der Waals surface area contributed by atoms with Crippen LogP contribution in [0.2, 0.25) is 0 Å². The van der Waals surface area contributed by atoms with Crippen LogP contribution >= 0.6 is 0 Å². The van der Waals surface area contributed by atoms with E-state index >= 15 is 0 Å². The number of ether oxygens (including phenoxy) is 1. The van der Waals surface area contributed by atoms with E-state index in [9.17, 15) is 14.0 Å². The van der Waals surface area contributed by atoms with Gasteiger partial charge in [-0.05, 0) is 39.3 Å². The molecule has 0 aromatic heterocycles. The highest BCUT2D eigenvalue weighted by Crippen LogP contribution is 2.21. The highest BCUT2D eigenvalue weighted by Gasteiger charge is 2.19. The minimum atomic E-state index is -0.802. The van der Waals surface area contributed by atoms with E-state index in [2.05, 4.69) is 5.32 Å². The quantitative estimate of drug-likeness (QED) is 0.816. The molecule has 0 heterocycles. The third-order valence-electron chi connectivity index (χ3n) is 3.00. The number of halogens is 1. The van der Waals surface area contributed by atoms with Crippen LogP contribution in [0.3, 0.4) is 0 Å². The van der Waals surface area contributed by atoms with Crippen molar-refractivity contribution in [3.05, 3.63) is 29.6 Å². The van der Waals surface area contributed by atoms with Gasteiger partial charge in [0.05, 0.1) is 5.56 Å². The second kappa shape index (κ2) is 7.03. The van der Waals surface area contributed by atoms with Gasteiger partial charge in [0.25, 0.3) is 5.91 Å². The van der Waals surface area contributed by atoms with Gasteiger partial charge in [0.2, 0.25) is 0 Å². The van der Waals surface area contributed by atoms with E-state index < -0.39 is 11.9 Å². The van der Waals surface area contributed by atoms with Crippen molar-refractivity contribution in [3.8, 4) is 5.75 Å². The number of hydrogen-bond donors (Lipinski definition) is 1. The zero-order chi connectivity index (χ0) is 15.3. The lowest BCUT2D eigenvalue weighted by Crippen LogP contribution is -2.41. The standard InChI is InChI=1S/C15H20FNO3/c1-5-9(2)17-15(19)11(4)20-14-8-12(16)6-7-13(14)10(3)18/h6-9,11H,5H2,1-4H3,(H,17,19). The molecule has 0 aliphatic heterocycles. The van der Waals surface area contributed by atoms with Crippen LogP contribution in [0.4, 0.5) is 4.39 Å². The lowest BCUT2D eigenvalue weighted by atomic mass is 10.1. The summed E-state index contributed by atoms with van der Waals surface area (Å²) < 4.78 is 18.7. The molecule has 1 aromatic carbocycles. The minimum absolute atomic E-state index is 0.0355. The maximum Gasteiger partial charge on any atom is 0.260 e. The van der Waals surface area contributed by atoms with Gasteiger partial charge >= 0.3 is 0 Å². The molecule has 0 spiro atoms. The van der Waals surface area contributed by atoms with Crippen molar-refractivity contribution >= 4 is 11.7 Å². The molecule has 1 aromatic rings. The van der Waals surface area contributed by atoms with Crippen LogP contribution < -0.4 is 10.1 Å². The Morgan fingerprint density at radius 3 is 2.55 bits per heavy atom. The topological polar surface area (TPSA) is 55.4 Å². The molecular formula is C15H20FNO3. The molecule has 0 aliphatic rings. The monoisotopic (exact) mass is 281 g/mol. The number of nitrogens with one attached hydrogen (secondary N) is 1. The van der Waals surface area contributed by atoms with Gasteiger partial charge in [-0.3, -0.25) is 9.59 Å². The molecule has 2 unspecified atom stereocenters. The Morgan fingerprint density at radius 2 is 2.00 bits per heavy atom. The van der Waals surface area contributed by atoms with E-state index in [1.807, 2.05) is 13.8 Å². The first-order valence-electron chi connectivity index (χ1n) is 6.62. The Labute approximate surface area is 118 Å². The van der Waals surface area contributed by atoms with Crippen molar-refractivity contribution in [2.75, 3.05) is 0 Å². The van der Waals surface area contributed by atoms with Gasteiger partial charge in [-0.1, -0.05) is 6.92 Å². The molecule has 5 heteroatoms. The minimum Gasteiger partial charge on any atom is -0.480 e. The number of carbonyl (C=O) groups is 2. The van der Waals surface area contributed by atoms with Crippen molar-refractivity contribution in [2.24, 2.45) is 0 Å². The SMILES string of the molecule is CCC(C)NC(=O)C(C)Oc1cc(F)ccc1C(C)=O. The number of carbonyl (C=O) groups excluding carboxylic acids is 2. The van der Waals surface area contributed by atoms with Crippen LogP contribution in [0.5, 0.6) is 5.75 Å². The Kier molecular flexibility index (Phi) is 5.67. The molecule has 0 fully saturated rings. The molecule has 4 nitrogen and oxygen atoms in total. The Morgan fingerprint density at radius 1 is 1.35 bits per heavy atom. The average Bonchev–Trinajstić information content (AvgIpc) is 2.38. The predicted octanol–water partition coefficient (Wildman–Crippen LogP) is 2.71. The fraction of sp³-hybridized carbons (Fsp3) is 0.467. The molecule has 2 atom stereocenters. The fourth-order valence-electron chi connectivity index (χ4n) is 1.59. The van der Waals surface area contributed by atoms with Crippen molar-refractivity contribution in [2.45, 2.75) is 46.3 Å². The van der Waals surface area contributed by atoms with E-state index in [1.54, 1.807) is 6.92 Å². The fourth-order valence-corrected chi connectivity index (χ4v) is 1.59. The van der Waals surface area contributed by atoms with Crippen LogP contribution in [-0.2, 0) is 4.79 Å². The number of amides is 1. The molecule has 0 bridgehead atoms. The lowest BCUT2D eigenvalue weighted by Gasteiger charge is -2.19. The van der Waals surface area contributed by atoms with Crippen LogP contribution in [0.15, 0.2) is 18.2 Å². The van der Waals surface area contributed by atoms with E-state index in [0.717, 1.165) is 12.5 Å². The highest BCUT2D eigenvalue weighted by molar-refractivity contribution is 5.97. The van der Waals surface area contributed by atoms with E-state index in [1.165, 1.54) is 19.1 Å². The third-order valence-corrected chi connectivity index (χ3v) is 3.00. The summed E-state index contributed by atoms with van der Waals surface area (Å²) in [4.78, 5) is 23.3. The zero-order valence-electron chi connectivity index (χ0n) is 12.2. The lowest BCUT2D eigenvalue weighted by molar-refractivity contribution is -0.127. The summed E-state index contributed by atoms with van der Waals surface area (Å²) in [6.07, 6.45) is 0.000755. The normalized spacial score (nSPS) is 13.4. The molecule has 20 heavy (non-hydrogen) atoms. The van der Waals surface area contributed by atoms with Gasteiger partial charge in [-0.2, -0.15) is 0 Å². The molecular weight excluding hydrogens is 261 g/mol.